The number of ether oxygens (including phenoxy) is 1. The zero-order chi connectivity index (χ0) is 12.1. The molecule has 1 aliphatic rings. The monoisotopic (exact) mass is 236 g/mol. The summed E-state index contributed by atoms with van der Waals surface area (Å²) in [6.07, 6.45) is 5.47. The van der Waals surface area contributed by atoms with E-state index in [0.29, 0.717) is 19.2 Å². The molecule has 0 aliphatic heterocycles. The van der Waals surface area contributed by atoms with Gasteiger partial charge in [0.15, 0.2) is 0 Å². The maximum absolute atomic E-state index is 10.0. The molecular formula is C13H20N2O2. The molecule has 1 saturated carbocycles. The summed E-state index contributed by atoms with van der Waals surface area (Å²) in [5.74, 6) is 0.722. The fourth-order valence-electron chi connectivity index (χ4n) is 2.01. The standard InChI is InChI=1S/C13H20N2O2/c1-17-9-12(10-2-3-10)15-8-13(16)11-4-6-14-7-5-11/h4-7,10,12-13,15-16H,2-3,8-9H2,1H3. The number of rotatable bonds is 7. The van der Waals surface area contributed by atoms with Crippen molar-refractivity contribution < 1.29 is 9.84 Å². The van der Waals surface area contributed by atoms with Gasteiger partial charge in [-0.05, 0) is 36.5 Å². The van der Waals surface area contributed by atoms with Gasteiger partial charge >= 0.3 is 0 Å². The van der Waals surface area contributed by atoms with Crippen molar-refractivity contribution >= 4 is 0 Å². The SMILES string of the molecule is COCC(NCC(O)c1ccncc1)C1CC1. The molecule has 94 valence electrons. The van der Waals surface area contributed by atoms with Crippen LogP contribution in [0, 0.1) is 5.92 Å². The molecule has 2 atom stereocenters. The van der Waals surface area contributed by atoms with Crippen LogP contribution in [0.4, 0.5) is 0 Å². The topological polar surface area (TPSA) is 54.4 Å². The number of methoxy groups -OCH3 is 1. The molecule has 0 radical (unpaired) electrons. The Kier molecular flexibility index (Phi) is 4.48. The third-order valence-electron chi connectivity index (χ3n) is 3.20. The zero-order valence-corrected chi connectivity index (χ0v) is 10.2. The van der Waals surface area contributed by atoms with Gasteiger partial charge in [-0.3, -0.25) is 4.98 Å². The molecule has 2 N–H and O–H groups in total. The predicted octanol–water partition coefficient (Wildman–Crippen LogP) is 1.13. The van der Waals surface area contributed by atoms with E-state index in [1.807, 2.05) is 12.1 Å². The smallest absolute Gasteiger partial charge is 0.0915 e. The Morgan fingerprint density at radius 2 is 2.18 bits per heavy atom. The number of aliphatic hydroxyl groups excluding tert-OH is 1. The number of nitrogens with one attached hydrogen (secondary N) is 1. The fraction of sp³-hybridized carbons (Fsp3) is 0.615. The van der Waals surface area contributed by atoms with Crippen molar-refractivity contribution in [2.24, 2.45) is 5.92 Å². The lowest BCUT2D eigenvalue weighted by Crippen LogP contribution is -2.37. The summed E-state index contributed by atoms with van der Waals surface area (Å²) in [7, 11) is 1.72. The van der Waals surface area contributed by atoms with E-state index in [1.54, 1.807) is 19.5 Å². The Morgan fingerprint density at radius 1 is 1.47 bits per heavy atom. The highest BCUT2D eigenvalue weighted by atomic mass is 16.5. The largest absolute Gasteiger partial charge is 0.387 e. The van der Waals surface area contributed by atoms with Gasteiger partial charge < -0.3 is 15.2 Å². The van der Waals surface area contributed by atoms with Crippen LogP contribution >= 0.6 is 0 Å². The van der Waals surface area contributed by atoms with Crippen molar-refractivity contribution in [2.75, 3.05) is 20.3 Å². The lowest BCUT2D eigenvalue weighted by Gasteiger charge is -2.19. The molecule has 4 heteroatoms. The van der Waals surface area contributed by atoms with E-state index >= 15 is 0 Å². The quantitative estimate of drug-likeness (QED) is 0.745. The molecule has 0 bridgehead atoms. The molecule has 0 spiro atoms. The summed E-state index contributed by atoms with van der Waals surface area (Å²) in [5.41, 5.74) is 0.902. The number of aromatic nitrogens is 1. The minimum Gasteiger partial charge on any atom is -0.387 e. The zero-order valence-electron chi connectivity index (χ0n) is 10.2. The molecule has 4 nitrogen and oxygen atoms in total. The van der Waals surface area contributed by atoms with Crippen molar-refractivity contribution in [2.45, 2.75) is 25.0 Å². The maximum atomic E-state index is 10.0. The van der Waals surface area contributed by atoms with Crippen LogP contribution in [0.25, 0.3) is 0 Å². The van der Waals surface area contributed by atoms with Crippen molar-refractivity contribution in [3.05, 3.63) is 30.1 Å². The van der Waals surface area contributed by atoms with E-state index in [9.17, 15) is 5.11 Å². The number of aliphatic hydroxyl groups is 1. The average molecular weight is 236 g/mol. The summed E-state index contributed by atoms with van der Waals surface area (Å²) in [4.78, 5) is 3.94. The molecule has 0 saturated heterocycles. The average Bonchev–Trinajstić information content (AvgIpc) is 3.19. The Morgan fingerprint density at radius 3 is 2.76 bits per heavy atom. The van der Waals surface area contributed by atoms with Crippen LogP contribution in [0.3, 0.4) is 0 Å². The van der Waals surface area contributed by atoms with Crippen LogP contribution in [0.5, 0.6) is 0 Å². The Balaban J connectivity index is 1.80. The van der Waals surface area contributed by atoms with Gasteiger partial charge in [0.05, 0.1) is 12.7 Å². The van der Waals surface area contributed by atoms with Gasteiger partial charge in [0.1, 0.15) is 0 Å². The van der Waals surface area contributed by atoms with Gasteiger partial charge in [-0.25, -0.2) is 0 Å². The lowest BCUT2D eigenvalue weighted by atomic mass is 10.1. The molecule has 17 heavy (non-hydrogen) atoms. The van der Waals surface area contributed by atoms with E-state index in [0.717, 1.165) is 11.5 Å². The van der Waals surface area contributed by atoms with Crippen molar-refractivity contribution in [3.63, 3.8) is 0 Å². The van der Waals surface area contributed by atoms with Crippen LogP contribution in [0.15, 0.2) is 24.5 Å². The highest BCUT2D eigenvalue weighted by Gasteiger charge is 2.31. The van der Waals surface area contributed by atoms with Crippen LogP contribution in [-0.2, 0) is 4.74 Å². The molecule has 1 heterocycles. The van der Waals surface area contributed by atoms with Crippen molar-refractivity contribution in [1.82, 2.24) is 10.3 Å². The first kappa shape index (κ1) is 12.5. The molecule has 1 fully saturated rings. The first-order chi connectivity index (χ1) is 8.31. The Labute approximate surface area is 102 Å². The molecule has 0 aromatic carbocycles. The molecule has 0 amide bonds. The maximum Gasteiger partial charge on any atom is 0.0915 e. The number of hydrogen-bond acceptors (Lipinski definition) is 4. The second-order valence-corrected chi connectivity index (χ2v) is 4.60. The third-order valence-corrected chi connectivity index (χ3v) is 3.20. The van der Waals surface area contributed by atoms with Gasteiger partial charge in [-0.15, -0.1) is 0 Å². The van der Waals surface area contributed by atoms with Crippen LogP contribution < -0.4 is 5.32 Å². The van der Waals surface area contributed by atoms with E-state index in [1.165, 1.54) is 12.8 Å². The third kappa shape index (κ3) is 3.77. The molecule has 1 aliphatic carbocycles. The summed E-state index contributed by atoms with van der Waals surface area (Å²) in [6, 6.07) is 4.06. The Hall–Kier alpha value is -0.970. The Bertz CT molecular complexity index is 327. The highest BCUT2D eigenvalue weighted by molar-refractivity contribution is 5.13. The van der Waals surface area contributed by atoms with E-state index in [2.05, 4.69) is 10.3 Å². The van der Waals surface area contributed by atoms with E-state index in [4.69, 9.17) is 4.74 Å². The normalized spacial score (nSPS) is 18.9. The summed E-state index contributed by atoms with van der Waals surface area (Å²) < 4.78 is 5.19. The summed E-state index contributed by atoms with van der Waals surface area (Å²) in [5, 5.41) is 13.4. The minimum absolute atomic E-state index is 0.372. The van der Waals surface area contributed by atoms with E-state index in [-0.39, 0.29) is 0 Å². The minimum atomic E-state index is -0.476. The lowest BCUT2D eigenvalue weighted by molar-refractivity contribution is 0.132. The second kappa shape index (κ2) is 6.10. The second-order valence-electron chi connectivity index (χ2n) is 4.60. The van der Waals surface area contributed by atoms with Crippen LogP contribution in [-0.4, -0.2) is 36.4 Å². The molecule has 2 unspecified atom stereocenters. The van der Waals surface area contributed by atoms with Gasteiger partial charge in [0, 0.05) is 32.1 Å². The van der Waals surface area contributed by atoms with E-state index < -0.39 is 6.10 Å². The van der Waals surface area contributed by atoms with Gasteiger partial charge in [0.25, 0.3) is 0 Å². The predicted molar refractivity (Wildman–Crippen MR) is 65.6 cm³/mol. The molecule has 2 rings (SSSR count). The molecular weight excluding hydrogens is 216 g/mol. The number of nitrogens with zero attached hydrogens (tertiary/aromatic N) is 1. The van der Waals surface area contributed by atoms with Crippen LogP contribution in [0.2, 0.25) is 0 Å². The number of pyridine rings is 1. The van der Waals surface area contributed by atoms with Crippen LogP contribution in [0.1, 0.15) is 24.5 Å². The molecule has 1 aromatic heterocycles. The first-order valence-electron chi connectivity index (χ1n) is 6.11. The van der Waals surface area contributed by atoms with Crippen molar-refractivity contribution in [3.8, 4) is 0 Å². The summed E-state index contributed by atoms with van der Waals surface area (Å²) in [6.45, 7) is 1.28. The van der Waals surface area contributed by atoms with Gasteiger partial charge in [-0.2, -0.15) is 0 Å². The van der Waals surface area contributed by atoms with Gasteiger partial charge in [0.2, 0.25) is 0 Å². The summed E-state index contributed by atoms with van der Waals surface area (Å²) >= 11 is 0. The highest BCUT2D eigenvalue weighted by Crippen LogP contribution is 2.32. The first-order valence-corrected chi connectivity index (χ1v) is 6.11. The fourth-order valence-corrected chi connectivity index (χ4v) is 2.01. The van der Waals surface area contributed by atoms with Gasteiger partial charge in [-0.1, -0.05) is 0 Å². The van der Waals surface area contributed by atoms with Crippen molar-refractivity contribution in [1.29, 1.82) is 0 Å². The number of hydrogen-bond donors (Lipinski definition) is 2. The molecule has 1 aromatic rings.